The molecule has 0 aliphatic heterocycles. The molecule has 0 fully saturated rings. The maximum atomic E-state index is 12.9. The molecule has 1 aromatic heterocycles. The number of benzene rings is 3. The lowest BCUT2D eigenvalue weighted by Gasteiger charge is -2.14. The van der Waals surface area contributed by atoms with Gasteiger partial charge >= 0.3 is 0 Å². The van der Waals surface area contributed by atoms with Crippen LogP contribution in [0.2, 0.25) is 0 Å². The molecule has 0 spiro atoms. The molecule has 0 radical (unpaired) electrons. The third kappa shape index (κ3) is 4.06. The molecule has 4 aromatic rings. The highest BCUT2D eigenvalue weighted by Gasteiger charge is 2.20. The van der Waals surface area contributed by atoms with Gasteiger partial charge in [0.05, 0.1) is 12.1 Å². The van der Waals surface area contributed by atoms with Crippen LogP contribution in [0.3, 0.4) is 0 Å². The molecule has 1 amide bonds. The van der Waals surface area contributed by atoms with Gasteiger partial charge in [0.2, 0.25) is 5.91 Å². The normalized spacial score (nSPS) is 11.9. The fourth-order valence-electron chi connectivity index (χ4n) is 3.51. The molecule has 0 aliphatic carbocycles. The number of nitrogens with zero attached hydrogens (tertiary/aromatic N) is 2. The Morgan fingerprint density at radius 1 is 1.00 bits per heavy atom. The van der Waals surface area contributed by atoms with Crippen LogP contribution in [-0.4, -0.2) is 22.3 Å². The van der Waals surface area contributed by atoms with Gasteiger partial charge in [0, 0.05) is 17.5 Å². The van der Waals surface area contributed by atoms with E-state index in [1.54, 1.807) is 0 Å². The van der Waals surface area contributed by atoms with Crippen LogP contribution in [0.5, 0.6) is 5.75 Å². The quantitative estimate of drug-likeness (QED) is 0.477. The van der Waals surface area contributed by atoms with Crippen molar-refractivity contribution in [1.29, 1.82) is 0 Å². The van der Waals surface area contributed by atoms with Gasteiger partial charge in [-0.25, -0.2) is 0 Å². The van der Waals surface area contributed by atoms with Gasteiger partial charge in [-0.2, -0.15) is 5.10 Å². The van der Waals surface area contributed by atoms with E-state index in [0.717, 1.165) is 33.5 Å². The molecule has 5 nitrogen and oxygen atoms in total. The first-order valence-electron chi connectivity index (χ1n) is 10.2. The summed E-state index contributed by atoms with van der Waals surface area (Å²) >= 11 is 0. The zero-order valence-electron chi connectivity index (χ0n) is 17.2. The molecule has 0 saturated carbocycles. The highest BCUT2D eigenvalue weighted by molar-refractivity contribution is 5.94. The molecule has 3 aromatic carbocycles. The molecule has 30 heavy (non-hydrogen) atoms. The van der Waals surface area contributed by atoms with Gasteiger partial charge in [-0.15, -0.1) is 0 Å². The van der Waals surface area contributed by atoms with E-state index in [1.165, 1.54) is 0 Å². The number of para-hydroxylation sites is 1. The maximum absolute atomic E-state index is 12.9. The predicted octanol–water partition coefficient (Wildman–Crippen LogP) is 4.98. The lowest BCUT2D eigenvalue weighted by atomic mass is 10.1. The van der Waals surface area contributed by atoms with Gasteiger partial charge in [-0.1, -0.05) is 60.7 Å². The summed E-state index contributed by atoms with van der Waals surface area (Å²) in [5.41, 5.74) is 3.89. The van der Waals surface area contributed by atoms with Crippen molar-refractivity contribution in [2.45, 2.75) is 26.4 Å². The molecule has 152 valence electrons. The second kappa shape index (κ2) is 8.82. The number of carbonyl (C=O) groups excluding carboxylic acids is 1. The predicted molar refractivity (Wildman–Crippen MR) is 119 cm³/mol. The van der Waals surface area contributed by atoms with Crippen molar-refractivity contribution in [3.8, 4) is 17.0 Å². The van der Waals surface area contributed by atoms with E-state index in [2.05, 4.69) is 5.32 Å². The van der Waals surface area contributed by atoms with E-state index in [4.69, 9.17) is 9.84 Å². The smallest absolute Gasteiger partial charge is 0.244 e. The van der Waals surface area contributed by atoms with Gasteiger partial charge in [0.15, 0.2) is 0 Å². The second-order valence-corrected chi connectivity index (χ2v) is 7.15. The van der Waals surface area contributed by atoms with Gasteiger partial charge in [0.1, 0.15) is 17.5 Å². The monoisotopic (exact) mass is 399 g/mol. The van der Waals surface area contributed by atoms with Crippen LogP contribution >= 0.6 is 0 Å². The molecule has 1 atom stereocenters. The van der Waals surface area contributed by atoms with Crippen molar-refractivity contribution in [2.24, 2.45) is 0 Å². The number of fused-ring (bicyclic) bond motifs is 1. The SMILES string of the molecule is CCOc1ccc(CNC(=O)C(C)n2nc(-c3ccccc3)c3ccccc32)cc1. The zero-order valence-corrected chi connectivity index (χ0v) is 17.2. The summed E-state index contributed by atoms with van der Waals surface area (Å²) in [6, 6.07) is 25.4. The first-order valence-corrected chi connectivity index (χ1v) is 10.2. The summed E-state index contributed by atoms with van der Waals surface area (Å²) in [5.74, 6) is 0.758. The average Bonchev–Trinajstić information content (AvgIpc) is 3.18. The fraction of sp³-hybridized carbons (Fsp3) is 0.200. The Morgan fingerprint density at radius 2 is 1.70 bits per heavy atom. The number of rotatable bonds is 7. The van der Waals surface area contributed by atoms with Crippen LogP contribution in [0.4, 0.5) is 0 Å². The van der Waals surface area contributed by atoms with Crippen molar-refractivity contribution < 1.29 is 9.53 Å². The molecule has 5 heteroatoms. The number of ether oxygens (including phenoxy) is 1. The Morgan fingerprint density at radius 3 is 2.43 bits per heavy atom. The van der Waals surface area contributed by atoms with Crippen LogP contribution in [0.1, 0.15) is 25.5 Å². The summed E-state index contributed by atoms with van der Waals surface area (Å²) in [6.45, 7) is 4.93. The van der Waals surface area contributed by atoms with Gasteiger partial charge < -0.3 is 10.1 Å². The number of hydrogen-bond acceptors (Lipinski definition) is 3. The summed E-state index contributed by atoms with van der Waals surface area (Å²) in [5, 5.41) is 8.87. The largest absolute Gasteiger partial charge is 0.494 e. The number of hydrogen-bond donors (Lipinski definition) is 1. The molecule has 0 saturated heterocycles. The minimum atomic E-state index is -0.435. The van der Waals surface area contributed by atoms with E-state index in [0.29, 0.717) is 13.2 Å². The van der Waals surface area contributed by atoms with E-state index < -0.39 is 6.04 Å². The molecule has 1 N–H and O–H groups in total. The molecule has 1 heterocycles. The van der Waals surface area contributed by atoms with Crippen molar-refractivity contribution in [2.75, 3.05) is 6.61 Å². The third-order valence-corrected chi connectivity index (χ3v) is 5.11. The Labute approximate surface area is 176 Å². The van der Waals surface area contributed by atoms with Crippen molar-refractivity contribution in [3.63, 3.8) is 0 Å². The van der Waals surface area contributed by atoms with E-state index in [9.17, 15) is 4.79 Å². The summed E-state index contributed by atoms with van der Waals surface area (Å²) < 4.78 is 7.27. The number of carbonyl (C=O) groups is 1. The van der Waals surface area contributed by atoms with Crippen LogP contribution in [-0.2, 0) is 11.3 Å². The highest BCUT2D eigenvalue weighted by Crippen LogP contribution is 2.29. The van der Waals surface area contributed by atoms with Gasteiger partial charge in [0.25, 0.3) is 0 Å². The Hall–Kier alpha value is -3.60. The van der Waals surface area contributed by atoms with Crippen LogP contribution in [0.25, 0.3) is 22.2 Å². The Kier molecular flexibility index (Phi) is 5.80. The third-order valence-electron chi connectivity index (χ3n) is 5.11. The van der Waals surface area contributed by atoms with Crippen molar-refractivity contribution in [1.82, 2.24) is 15.1 Å². The topological polar surface area (TPSA) is 56.1 Å². The molecule has 0 aliphatic rings. The van der Waals surface area contributed by atoms with E-state index in [1.807, 2.05) is 97.4 Å². The van der Waals surface area contributed by atoms with E-state index >= 15 is 0 Å². The summed E-state index contributed by atoms with van der Waals surface area (Å²) in [6.07, 6.45) is 0. The lowest BCUT2D eigenvalue weighted by Crippen LogP contribution is -2.31. The first kappa shape index (κ1) is 19.7. The minimum absolute atomic E-state index is 0.0725. The highest BCUT2D eigenvalue weighted by atomic mass is 16.5. The zero-order chi connectivity index (χ0) is 20.9. The summed E-state index contributed by atoms with van der Waals surface area (Å²) in [4.78, 5) is 12.9. The molecule has 4 rings (SSSR count). The lowest BCUT2D eigenvalue weighted by molar-refractivity contribution is -0.124. The number of amides is 1. The number of nitrogens with one attached hydrogen (secondary N) is 1. The number of aromatic nitrogens is 2. The van der Waals surface area contributed by atoms with Gasteiger partial charge in [-0.05, 0) is 37.6 Å². The minimum Gasteiger partial charge on any atom is -0.494 e. The molecular formula is C25H25N3O2. The first-order chi connectivity index (χ1) is 14.7. The Balaban J connectivity index is 1.54. The van der Waals surface area contributed by atoms with E-state index in [-0.39, 0.29) is 5.91 Å². The van der Waals surface area contributed by atoms with Crippen LogP contribution in [0.15, 0.2) is 78.9 Å². The fourth-order valence-corrected chi connectivity index (χ4v) is 3.51. The van der Waals surface area contributed by atoms with Gasteiger partial charge in [-0.3, -0.25) is 9.48 Å². The van der Waals surface area contributed by atoms with Crippen LogP contribution in [0, 0.1) is 0 Å². The Bertz CT molecular complexity index is 1130. The maximum Gasteiger partial charge on any atom is 0.244 e. The summed E-state index contributed by atoms with van der Waals surface area (Å²) in [7, 11) is 0. The molecule has 1 unspecified atom stereocenters. The molecular weight excluding hydrogens is 374 g/mol. The average molecular weight is 399 g/mol. The van der Waals surface area contributed by atoms with Crippen molar-refractivity contribution in [3.05, 3.63) is 84.4 Å². The van der Waals surface area contributed by atoms with Crippen molar-refractivity contribution >= 4 is 16.8 Å². The van der Waals surface area contributed by atoms with Crippen LogP contribution < -0.4 is 10.1 Å². The second-order valence-electron chi connectivity index (χ2n) is 7.15. The molecule has 0 bridgehead atoms. The standard InChI is InChI=1S/C25H25N3O2/c1-3-30-21-15-13-19(14-16-21)17-26-25(29)18(2)28-23-12-8-7-11-22(23)24(27-28)20-9-5-4-6-10-20/h4-16,18H,3,17H2,1-2H3,(H,26,29).